The van der Waals surface area contributed by atoms with E-state index in [0.29, 0.717) is 25.3 Å². The number of hydrogen-bond donors (Lipinski definition) is 2. The number of pyridine rings is 1. The van der Waals surface area contributed by atoms with Crippen molar-refractivity contribution in [3.05, 3.63) is 29.6 Å². The van der Waals surface area contributed by atoms with Crippen LogP contribution in [0.3, 0.4) is 0 Å². The minimum atomic E-state index is -0.125. The maximum atomic E-state index is 11.6. The molecule has 0 saturated carbocycles. The zero-order valence-electron chi connectivity index (χ0n) is 9.98. The Hall–Kier alpha value is -1.46. The molecule has 0 aromatic carbocycles. The molecule has 94 valence electrons. The molecule has 2 N–H and O–H groups in total. The van der Waals surface area contributed by atoms with E-state index in [1.54, 1.807) is 18.3 Å². The fourth-order valence-electron chi connectivity index (χ4n) is 1.25. The summed E-state index contributed by atoms with van der Waals surface area (Å²) in [6, 6.07) is 3.55. The second-order valence-corrected chi connectivity index (χ2v) is 3.63. The van der Waals surface area contributed by atoms with Crippen LogP contribution in [-0.2, 0) is 4.74 Å². The fraction of sp³-hybridized carbons (Fsp3) is 0.500. The summed E-state index contributed by atoms with van der Waals surface area (Å²) >= 11 is 0. The largest absolute Gasteiger partial charge is 0.394 e. The van der Waals surface area contributed by atoms with Gasteiger partial charge in [0.15, 0.2) is 0 Å². The van der Waals surface area contributed by atoms with Gasteiger partial charge < -0.3 is 15.2 Å². The lowest BCUT2D eigenvalue weighted by atomic mass is 10.2. The number of nitrogens with one attached hydrogen (secondary N) is 1. The van der Waals surface area contributed by atoms with E-state index in [9.17, 15) is 4.79 Å². The van der Waals surface area contributed by atoms with Crippen LogP contribution in [0.25, 0.3) is 0 Å². The van der Waals surface area contributed by atoms with Crippen LogP contribution in [0.1, 0.15) is 22.5 Å². The van der Waals surface area contributed by atoms with Gasteiger partial charge in [-0.3, -0.25) is 9.78 Å². The Kier molecular flexibility index (Phi) is 6.21. The fourth-order valence-corrected chi connectivity index (χ4v) is 1.25. The quantitative estimate of drug-likeness (QED) is 0.679. The average molecular weight is 238 g/mol. The van der Waals surface area contributed by atoms with Gasteiger partial charge in [0.25, 0.3) is 5.91 Å². The number of carbonyl (C=O) groups excluding carboxylic acids is 1. The highest BCUT2D eigenvalue weighted by Crippen LogP contribution is 1.98. The summed E-state index contributed by atoms with van der Waals surface area (Å²) in [5.74, 6) is -0.125. The molecule has 1 heterocycles. The summed E-state index contributed by atoms with van der Waals surface area (Å²) in [4.78, 5) is 15.7. The van der Waals surface area contributed by atoms with Crippen molar-refractivity contribution in [3.8, 4) is 0 Å². The number of aliphatic hydroxyl groups is 1. The van der Waals surface area contributed by atoms with Gasteiger partial charge in [0.1, 0.15) is 0 Å². The molecule has 0 atom stereocenters. The van der Waals surface area contributed by atoms with Crippen LogP contribution in [-0.4, -0.2) is 42.4 Å². The second-order valence-electron chi connectivity index (χ2n) is 3.63. The third kappa shape index (κ3) is 5.42. The maximum Gasteiger partial charge on any atom is 0.252 e. The molecule has 5 nitrogen and oxygen atoms in total. The van der Waals surface area contributed by atoms with Crippen molar-refractivity contribution in [2.75, 3.05) is 26.4 Å². The molecular weight excluding hydrogens is 220 g/mol. The normalized spacial score (nSPS) is 10.2. The molecule has 1 aromatic rings. The van der Waals surface area contributed by atoms with Gasteiger partial charge in [-0.05, 0) is 25.5 Å². The summed E-state index contributed by atoms with van der Waals surface area (Å²) in [6.45, 7) is 3.34. The first-order chi connectivity index (χ1) is 8.24. The van der Waals surface area contributed by atoms with E-state index < -0.39 is 0 Å². The standard InChI is InChI=1S/C12H18N2O3/c1-10-3-4-11(9-14-10)12(16)13-5-2-7-17-8-6-15/h3-4,9,15H,2,5-8H2,1H3,(H,13,16). The number of rotatable bonds is 7. The molecule has 0 saturated heterocycles. The lowest BCUT2D eigenvalue weighted by Crippen LogP contribution is -2.25. The summed E-state index contributed by atoms with van der Waals surface area (Å²) < 4.78 is 5.07. The first kappa shape index (κ1) is 13.6. The molecule has 1 amide bonds. The van der Waals surface area contributed by atoms with Gasteiger partial charge in [-0.2, -0.15) is 0 Å². The highest BCUT2D eigenvalue weighted by molar-refractivity contribution is 5.93. The number of aromatic nitrogens is 1. The molecule has 5 heteroatoms. The number of carbonyl (C=O) groups is 1. The number of aliphatic hydroxyl groups excluding tert-OH is 1. The minimum absolute atomic E-state index is 0.0292. The number of ether oxygens (including phenoxy) is 1. The Morgan fingerprint density at radius 3 is 2.94 bits per heavy atom. The van der Waals surface area contributed by atoms with Crippen LogP contribution < -0.4 is 5.32 Å². The topological polar surface area (TPSA) is 71.5 Å². The van der Waals surface area contributed by atoms with E-state index >= 15 is 0 Å². The molecular formula is C12H18N2O3. The summed E-state index contributed by atoms with van der Waals surface area (Å²) in [5.41, 5.74) is 1.45. The van der Waals surface area contributed by atoms with Crippen molar-refractivity contribution in [1.29, 1.82) is 0 Å². The summed E-state index contributed by atoms with van der Waals surface area (Å²) in [5, 5.41) is 11.3. The molecule has 17 heavy (non-hydrogen) atoms. The van der Waals surface area contributed by atoms with Gasteiger partial charge in [0.2, 0.25) is 0 Å². The van der Waals surface area contributed by atoms with E-state index in [2.05, 4.69) is 10.3 Å². The van der Waals surface area contributed by atoms with Crippen molar-refractivity contribution in [2.24, 2.45) is 0 Å². The molecule has 1 rings (SSSR count). The summed E-state index contributed by atoms with van der Waals surface area (Å²) in [6.07, 6.45) is 2.29. The Morgan fingerprint density at radius 1 is 1.47 bits per heavy atom. The van der Waals surface area contributed by atoms with Crippen molar-refractivity contribution in [1.82, 2.24) is 10.3 Å². The summed E-state index contributed by atoms with van der Waals surface area (Å²) in [7, 11) is 0. The molecule has 0 radical (unpaired) electrons. The van der Waals surface area contributed by atoms with E-state index in [1.807, 2.05) is 6.92 Å². The van der Waals surface area contributed by atoms with Crippen molar-refractivity contribution in [2.45, 2.75) is 13.3 Å². The lowest BCUT2D eigenvalue weighted by molar-refractivity contribution is 0.0867. The van der Waals surface area contributed by atoms with E-state index in [0.717, 1.165) is 12.1 Å². The number of aryl methyl sites for hydroxylation is 1. The monoisotopic (exact) mass is 238 g/mol. The van der Waals surface area contributed by atoms with E-state index in [1.165, 1.54) is 0 Å². The second kappa shape index (κ2) is 7.76. The molecule has 1 aromatic heterocycles. The Labute approximate surface area is 101 Å². The minimum Gasteiger partial charge on any atom is -0.394 e. The van der Waals surface area contributed by atoms with Crippen LogP contribution in [0, 0.1) is 6.92 Å². The Morgan fingerprint density at radius 2 is 2.29 bits per heavy atom. The molecule has 0 spiro atoms. The van der Waals surface area contributed by atoms with Crippen LogP contribution in [0.15, 0.2) is 18.3 Å². The SMILES string of the molecule is Cc1ccc(C(=O)NCCCOCCO)cn1. The Balaban J connectivity index is 2.19. The van der Waals surface area contributed by atoms with E-state index in [-0.39, 0.29) is 12.5 Å². The Bertz CT molecular complexity index is 338. The zero-order chi connectivity index (χ0) is 12.5. The lowest BCUT2D eigenvalue weighted by Gasteiger charge is -2.05. The molecule has 0 fully saturated rings. The average Bonchev–Trinajstić information content (AvgIpc) is 2.34. The molecule has 0 unspecified atom stereocenters. The number of nitrogens with zero attached hydrogens (tertiary/aromatic N) is 1. The zero-order valence-corrected chi connectivity index (χ0v) is 9.98. The number of amides is 1. The number of hydrogen-bond acceptors (Lipinski definition) is 4. The van der Waals surface area contributed by atoms with Crippen molar-refractivity contribution < 1.29 is 14.6 Å². The van der Waals surface area contributed by atoms with Crippen LogP contribution >= 0.6 is 0 Å². The third-order valence-corrected chi connectivity index (χ3v) is 2.16. The van der Waals surface area contributed by atoms with Gasteiger partial charge in [-0.1, -0.05) is 0 Å². The molecule has 0 aliphatic heterocycles. The van der Waals surface area contributed by atoms with Crippen LogP contribution in [0.5, 0.6) is 0 Å². The van der Waals surface area contributed by atoms with Gasteiger partial charge in [0, 0.05) is 25.0 Å². The van der Waals surface area contributed by atoms with Gasteiger partial charge >= 0.3 is 0 Å². The first-order valence-corrected chi connectivity index (χ1v) is 5.63. The van der Waals surface area contributed by atoms with Crippen LogP contribution in [0.2, 0.25) is 0 Å². The third-order valence-electron chi connectivity index (χ3n) is 2.16. The predicted octanol–water partition coefficient (Wildman–Crippen LogP) is 0.519. The van der Waals surface area contributed by atoms with Gasteiger partial charge in [0.05, 0.1) is 18.8 Å². The predicted molar refractivity (Wildman–Crippen MR) is 63.8 cm³/mol. The molecule has 0 aliphatic carbocycles. The van der Waals surface area contributed by atoms with Crippen molar-refractivity contribution >= 4 is 5.91 Å². The highest BCUT2D eigenvalue weighted by Gasteiger charge is 2.04. The maximum absolute atomic E-state index is 11.6. The molecule has 0 aliphatic rings. The van der Waals surface area contributed by atoms with Gasteiger partial charge in [-0.25, -0.2) is 0 Å². The molecule has 0 bridgehead atoms. The first-order valence-electron chi connectivity index (χ1n) is 5.63. The van der Waals surface area contributed by atoms with Crippen molar-refractivity contribution in [3.63, 3.8) is 0 Å². The van der Waals surface area contributed by atoms with Crippen LogP contribution in [0.4, 0.5) is 0 Å². The van der Waals surface area contributed by atoms with Gasteiger partial charge in [-0.15, -0.1) is 0 Å². The smallest absolute Gasteiger partial charge is 0.252 e. The van der Waals surface area contributed by atoms with E-state index in [4.69, 9.17) is 9.84 Å². The highest BCUT2D eigenvalue weighted by atomic mass is 16.5.